The zero-order valence-corrected chi connectivity index (χ0v) is 16.2. The van der Waals surface area contributed by atoms with Gasteiger partial charge in [-0.25, -0.2) is 9.59 Å². The van der Waals surface area contributed by atoms with Gasteiger partial charge in [-0.1, -0.05) is 12.1 Å². The number of hydrogen-bond acceptors (Lipinski definition) is 4. The molecule has 7 nitrogen and oxygen atoms in total. The molecule has 0 radical (unpaired) electrons. The van der Waals surface area contributed by atoms with Crippen molar-refractivity contribution in [1.29, 1.82) is 0 Å². The molecular formula is C20H26N2O5. The van der Waals surface area contributed by atoms with Crippen LogP contribution < -0.4 is 5.32 Å². The highest BCUT2D eigenvalue weighted by atomic mass is 16.6. The second kappa shape index (κ2) is 7.73. The highest BCUT2D eigenvalue weighted by molar-refractivity contribution is 5.80. The Balaban J connectivity index is 2.27. The molecule has 1 atom stereocenters. The largest absolute Gasteiger partial charge is 0.506 e. The van der Waals surface area contributed by atoms with E-state index in [-0.39, 0.29) is 12.2 Å². The third-order valence-corrected chi connectivity index (χ3v) is 4.07. The highest BCUT2D eigenvalue weighted by Gasteiger charge is 2.26. The Morgan fingerprint density at radius 2 is 1.85 bits per heavy atom. The lowest BCUT2D eigenvalue weighted by molar-refractivity contribution is -0.139. The number of amides is 1. The monoisotopic (exact) mass is 374 g/mol. The van der Waals surface area contributed by atoms with Gasteiger partial charge in [-0.05, 0) is 58.4 Å². The number of aliphatic carboxylic acids is 1. The topological polar surface area (TPSA) is 101 Å². The fraction of sp³-hybridized carbons (Fsp3) is 0.400. The van der Waals surface area contributed by atoms with Gasteiger partial charge in [-0.3, -0.25) is 0 Å². The van der Waals surface area contributed by atoms with Crippen LogP contribution in [-0.2, 0) is 16.0 Å². The predicted octanol–water partition coefficient (Wildman–Crippen LogP) is 3.32. The third-order valence-electron chi connectivity index (χ3n) is 4.07. The molecule has 1 unspecified atom stereocenters. The Morgan fingerprint density at radius 3 is 2.41 bits per heavy atom. The zero-order valence-electron chi connectivity index (χ0n) is 16.2. The summed E-state index contributed by atoms with van der Waals surface area (Å²) in [5.74, 6) is -1.01. The molecule has 3 N–H and O–H groups in total. The van der Waals surface area contributed by atoms with E-state index >= 15 is 0 Å². The third kappa shape index (κ3) is 5.03. The van der Waals surface area contributed by atoms with Gasteiger partial charge < -0.3 is 24.8 Å². The van der Waals surface area contributed by atoms with Crippen LogP contribution in [0.5, 0.6) is 5.75 Å². The lowest BCUT2D eigenvalue weighted by Crippen LogP contribution is -2.44. The first kappa shape index (κ1) is 20.4. The SMILES string of the molecule is Cc1cc(CC(NC(=O)OC(C)(C)C)C(=O)O)c(C)n1-c1ccccc1O. The number of ether oxygens (including phenoxy) is 1. The average Bonchev–Trinajstić information content (AvgIpc) is 2.79. The van der Waals surface area contributed by atoms with Crippen LogP contribution >= 0.6 is 0 Å². The van der Waals surface area contributed by atoms with Gasteiger partial charge in [0.05, 0.1) is 5.69 Å². The number of carboxylic acids is 1. The van der Waals surface area contributed by atoms with Crippen molar-refractivity contribution in [3.63, 3.8) is 0 Å². The molecule has 0 saturated heterocycles. The van der Waals surface area contributed by atoms with E-state index in [4.69, 9.17) is 4.74 Å². The molecule has 1 aromatic carbocycles. The first-order valence-electron chi connectivity index (χ1n) is 8.68. The van der Waals surface area contributed by atoms with Gasteiger partial charge in [-0.15, -0.1) is 0 Å². The average molecular weight is 374 g/mol. The van der Waals surface area contributed by atoms with Crippen molar-refractivity contribution in [2.45, 2.75) is 52.7 Å². The molecule has 0 bridgehead atoms. The van der Waals surface area contributed by atoms with Crippen molar-refractivity contribution < 1.29 is 24.5 Å². The molecule has 0 fully saturated rings. The summed E-state index contributed by atoms with van der Waals surface area (Å²) in [6.07, 6.45) is -0.675. The van der Waals surface area contributed by atoms with E-state index < -0.39 is 23.7 Å². The summed E-state index contributed by atoms with van der Waals surface area (Å²) in [7, 11) is 0. The Kier molecular flexibility index (Phi) is 5.83. The molecule has 1 amide bonds. The Labute approximate surface area is 158 Å². The zero-order chi connectivity index (χ0) is 20.4. The van der Waals surface area contributed by atoms with Crippen molar-refractivity contribution in [3.8, 4) is 11.4 Å². The number of nitrogens with zero attached hydrogens (tertiary/aromatic N) is 1. The van der Waals surface area contributed by atoms with Crippen molar-refractivity contribution in [2.75, 3.05) is 0 Å². The molecule has 146 valence electrons. The quantitative estimate of drug-likeness (QED) is 0.745. The van der Waals surface area contributed by atoms with Gasteiger partial charge in [0, 0.05) is 17.8 Å². The molecule has 2 rings (SSSR count). The van der Waals surface area contributed by atoms with E-state index in [0.717, 1.165) is 17.0 Å². The number of para-hydroxylation sites is 2. The van der Waals surface area contributed by atoms with Gasteiger partial charge in [0.25, 0.3) is 0 Å². The number of nitrogens with one attached hydrogen (secondary N) is 1. The minimum atomic E-state index is -1.15. The van der Waals surface area contributed by atoms with Crippen LogP contribution in [0.4, 0.5) is 4.79 Å². The minimum absolute atomic E-state index is 0.0991. The molecule has 0 saturated carbocycles. The number of hydrogen-bond donors (Lipinski definition) is 3. The van der Waals surface area contributed by atoms with Crippen molar-refractivity contribution in [2.24, 2.45) is 0 Å². The van der Waals surface area contributed by atoms with Crippen molar-refractivity contribution in [3.05, 3.63) is 47.3 Å². The maximum atomic E-state index is 12.0. The van der Waals surface area contributed by atoms with E-state index in [1.165, 1.54) is 0 Å². The van der Waals surface area contributed by atoms with Gasteiger partial charge >= 0.3 is 12.1 Å². The normalized spacial score (nSPS) is 12.5. The molecule has 7 heteroatoms. The minimum Gasteiger partial charge on any atom is -0.506 e. The highest BCUT2D eigenvalue weighted by Crippen LogP contribution is 2.27. The molecular weight excluding hydrogens is 348 g/mol. The number of alkyl carbamates (subject to hydrolysis) is 1. The number of phenolic OH excluding ortho intramolecular Hbond substituents is 1. The van der Waals surface area contributed by atoms with Crippen LogP contribution in [0.1, 0.15) is 37.7 Å². The fourth-order valence-electron chi connectivity index (χ4n) is 2.93. The van der Waals surface area contributed by atoms with Gasteiger partial charge in [0.2, 0.25) is 0 Å². The Hall–Kier alpha value is -2.96. The fourth-order valence-corrected chi connectivity index (χ4v) is 2.93. The van der Waals surface area contributed by atoms with Crippen LogP contribution in [0.3, 0.4) is 0 Å². The summed E-state index contributed by atoms with van der Waals surface area (Å²) in [6.45, 7) is 8.86. The lowest BCUT2D eigenvalue weighted by Gasteiger charge is -2.22. The summed E-state index contributed by atoms with van der Waals surface area (Å²) in [5, 5.41) is 22.0. The standard InChI is InChI=1S/C20H26N2O5/c1-12-10-14(13(2)22(12)16-8-6-7-9-17(16)23)11-15(18(24)25)21-19(26)27-20(3,4)5/h6-10,15,23H,11H2,1-5H3,(H,21,26)(H,24,25). The van der Waals surface area contributed by atoms with E-state index in [1.54, 1.807) is 39.0 Å². The van der Waals surface area contributed by atoms with Crippen LogP contribution in [-0.4, -0.2) is 38.5 Å². The molecule has 1 aromatic heterocycles. The van der Waals surface area contributed by atoms with Crippen LogP contribution in [0, 0.1) is 13.8 Å². The molecule has 27 heavy (non-hydrogen) atoms. The summed E-state index contributed by atoms with van der Waals surface area (Å²) >= 11 is 0. The molecule has 2 aromatic rings. The lowest BCUT2D eigenvalue weighted by atomic mass is 10.1. The summed E-state index contributed by atoms with van der Waals surface area (Å²) in [5.41, 5.74) is 2.31. The summed E-state index contributed by atoms with van der Waals surface area (Å²) in [6, 6.07) is 7.66. The molecule has 0 spiro atoms. The number of rotatable bonds is 5. The molecule has 1 heterocycles. The predicted molar refractivity (Wildman–Crippen MR) is 101 cm³/mol. The first-order valence-corrected chi connectivity index (χ1v) is 8.68. The first-order chi connectivity index (χ1) is 12.5. The Morgan fingerprint density at radius 1 is 1.22 bits per heavy atom. The van der Waals surface area contributed by atoms with Gasteiger partial charge in [0.15, 0.2) is 0 Å². The number of aromatic nitrogens is 1. The van der Waals surface area contributed by atoms with Crippen LogP contribution in [0.2, 0.25) is 0 Å². The van der Waals surface area contributed by atoms with Gasteiger partial charge in [-0.2, -0.15) is 0 Å². The van der Waals surface area contributed by atoms with E-state index in [2.05, 4.69) is 5.32 Å². The summed E-state index contributed by atoms with van der Waals surface area (Å²) < 4.78 is 7.01. The number of aromatic hydroxyl groups is 1. The van der Waals surface area contributed by atoms with Crippen molar-refractivity contribution >= 4 is 12.1 Å². The molecule has 0 aliphatic rings. The smallest absolute Gasteiger partial charge is 0.408 e. The number of benzene rings is 1. The van der Waals surface area contributed by atoms with E-state index in [1.807, 2.05) is 30.5 Å². The van der Waals surface area contributed by atoms with Gasteiger partial charge in [0.1, 0.15) is 17.4 Å². The molecule has 0 aliphatic heterocycles. The number of aryl methyl sites for hydroxylation is 1. The summed E-state index contributed by atoms with van der Waals surface area (Å²) in [4.78, 5) is 23.6. The van der Waals surface area contributed by atoms with Crippen molar-refractivity contribution in [1.82, 2.24) is 9.88 Å². The van der Waals surface area contributed by atoms with E-state index in [9.17, 15) is 19.8 Å². The second-order valence-corrected chi connectivity index (χ2v) is 7.46. The number of carbonyl (C=O) groups is 2. The van der Waals surface area contributed by atoms with Crippen LogP contribution in [0.15, 0.2) is 30.3 Å². The Bertz CT molecular complexity index is 849. The molecule has 0 aliphatic carbocycles. The number of carbonyl (C=O) groups excluding carboxylic acids is 1. The number of phenols is 1. The number of carboxylic acid groups (broad SMARTS) is 1. The maximum Gasteiger partial charge on any atom is 0.408 e. The second-order valence-electron chi connectivity index (χ2n) is 7.46. The maximum absolute atomic E-state index is 12.0. The van der Waals surface area contributed by atoms with E-state index in [0.29, 0.717) is 5.69 Å². The van der Waals surface area contributed by atoms with Crippen LogP contribution in [0.25, 0.3) is 5.69 Å².